The fourth-order valence-electron chi connectivity index (χ4n) is 1.11. The summed E-state index contributed by atoms with van der Waals surface area (Å²) in [5, 5.41) is 0. The fraction of sp³-hybridized carbons (Fsp3) is 0.625. The zero-order valence-electron chi connectivity index (χ0n) is 6.96. The van der Waals surface area contributed by atoms with E-state index in [1.807, 2.05) is 0 Å². The minimum Gasteiger partial charge on any atom is -0.161 e. The van der Waals surface area contributed by atoms with Crippen molar-refractivity contribution in [2.45, 2.75) is 19.8 Å². The molecule has 0 amide bonds. The van der Waals surface area contributed by atoms with Gasteiger partial charge in [-0.2, -0.15) is 4.68 Å². The Labute approximate surface area is 62.1 Å². The van der Waals surface area contributed by atoms with Crippen LogP contribution in [0.1, 0.15) is 19.0 Å². The lowest BCUT2D eigenvalue weighted by Gasteiger charge is -1.95. The molecule has 56 valence electrons. The molecule has 0 fully saturated rings. The smallest absolute Gasteiger partial charge is 0.161 e. The Kier molecular flexibility index (Phi) is 2.10. The summed E-state index contributed by atoms with van der Waals surface area (Å²) in [6.07, 6.45) is 4.49. The Balaban J connectivity index is 2.83. The average molecular weight is 139 g/mol. The molecule has 0 unspecified atom stereocenters. The van der Waals surface area contributed by atoms with Gasteiger partial charge in [-0.25, -0.2) is 0 Å². The summed E-state index contributed by atoms with van der Waals surface area (Å²) < 4.78 is 4.26. The number of aryl methyl sites for hydroxylation is 2. The van der Waals surface area contributed by atoms with Gasteiger partial charge in [-0.15, -0.1) is 4.68 Å². The maximum Gasteiger partial charge on any atom is 0.195 e. The summed E-state index contributed by atoms with van der Waals surface area (Å²) in [6.45, 7) is 2.20. The molecule has 0 aliphatic carbocycles. The van der Waals surface area contributed by atoms with E-state index in [1.54, 1.807) is 0 Å². The van der Waals surface area contributed by atoms with Crippen molar-refractivity contribution in [3.63, 3.8) is 0 Å². The highest BCUT2D eigenvalue weighted by molar-refractivity contribution is 4.95. The van der Waals surface area contributed by atoms with Crippen LogP contribution in [0.3, 0.4) is 0 Å². The molecular weight excluding hydrogens is 124 g/mol. The Morgan fingerprint density at radius 3 is 2.70 bits per heavy atom. The standard InChI is InChI=1S/C8H15N2/c1-4-5-8-6-7-9(2)10(8)3/h6-7H,4-5H2,1-3H3/q+1. The van der Waals surface area contributed by atoms with E-state index in [2.05, 4.69) is 42.6 Å². The second kappa shape index (κ2) is 2.86. The minimum atomic E-state index is 1.18. The van der Waals surface area contributed by atoms with Crippen LogP contribution in [-0.2, 0) is 20.5 Å². The summed E-state index contributed by atoms with van der Waals surface area (Å²) in [7, 11) is 4.14. The van der Waals surface area contributed by atoms with E-state index in [0.717, 1.165) is 0 Å². The number of aromatic nitrogens is 2. The summed E-state index contributed by atoms with van der Waals surface area (Å²) in [6, 6.07) is 2.17. The molecule has 0 aromatic carbocycles. The Morgan fingerprint density at radius 1 is 1.60 bits per heavy atom. The molecule has 2 nitrogen and oxygen atoms in total. The summed E-state index contributed by atoms with van der Waals surface area (Å²) in [4.78, 5) is 0. The Bertz CT molecular complexity index is 213. The van der Waals surface area contributed by atoms with Crippen LogP contribution in [0.25, 0.3) is 0 Å². The van der Waals surface area contributed by atoms with Gasteiger partial charge in [0.25, 0.3) is 0 Å². The zero-order valence-corrected chi connectivity index (χ0v) is 6.96. The van der Waals surface area contributed by atoms with Crippen molar-refractivity contribution in [2.75, 3.05) is 0 Å². The normalized spacial score (nSPS) is 10.3. The third-order valence-electron chi connectivity index (χ3n) is 1.88. The SMILES string of the molecule is CCCc1cc[n+](C)n1C. The predicted molar refractivity (Wildman–Crippen MR) is 40.6 cm³/mol. The highest BCUT2D eigenvalue weighted by atomic mass is 15.4. The maximum absolute atomic E-state index is 2.20. The average Bonchev–Trinajstić information content (AvgIpc) is 2.20. The van der Waals surface area contributed by atoms with Crippen LogP contribution in [0.4, 0.5) is 0 Å². The highest BCUT2D eigenvalue weighted by Gasteiger charge is 2.03. The summed E-state index contributed by atoms with van der Waals surface area (Å²) in [5.41, 5.74) is 1.41. The molecule has 10 heavy (non-hydrogen) atoms. The Morgan fingerprint density at radius 2 is 2.30 bits per heavy atom. The summed E-state index contributed by atoms with van der Waals surface area (Å²) >= 11 is 0. The van der Waals surface area contributed by atoms with Gasteiger partial charge in [0.2, 0.25) is 0 Å². The van der Waals surface area contributed by atoms with Crippen LogP contribution in [0.5, 0.6) is 0 Å². The van der Waals surface area contributed by atoms with E-state index < -0.39 is 0 Å². The van der Waals surface area contributed by atoms with Crippen molar-refractivity contribution in [1.29, 1.82) is 0 Å². The van der Waals surface area contributed by atoms with Crippen LogP contribution in [0.2, 0.25) is 0 Å². The third kappa shape index (κ3) is 1.20. The fourth-order valence-corrected chi connectivity index (χ4v) is 1.11. The monoisotopic (exact) mass is 139 g/mol. The van der Waals surface area contributed by atoms with E-state index in [9.17, 15) is 0 Å². The van der Waals surface area contributed by atoms with Crippen LogP contribution in [-0.4, -0.2) is 4.68 Å². The van der Waals surface area contributed by atoms with Gasteiger partial charge in [-0.1, -0.05) is 13.3 Å². The predicted octanol–water partition coefficient (Wildman–Crippen LogP) is 0.802. The largest absolute Gasteiger partial charge is 0.195 e. The molecule has 0 atom stereocenters. The van der Waals surface area contributed by atoms with E-state index in [4.69, 9.17) is 0 Å². The lowest BCUT2D eigenvalue weighted by Crippen LogP contribution is -2.37. The number of hydrogen-bond donors (Lipinski definition) is 0. The molecule has 0 N–H and O–H groups in total. The third-order valence-corrected chi connectivity index (χ3v) is 1.88. The van der Waals surface area contributed by atoms with Crippen molar-refractivity contribution in [3.8, 4) is 0 Å². The van der Waals surface area contributed by atoms with Gasteiger partial charge in [-0.05, 0) is 6.42 Å². The maximum atomic E-state index is 2.20. The molecular formula is C8H15N2+. The molecule has 0 bridgehead atoms. The van der Waals surface area contributed by atoms with E-state index >= 15 is 0 Å². The van der Waals surface area contributed by atoms with E-state index in [1.165, 1.54) is 18.5 Å². The highest BCUT2D eigenvalue weighted by Crippen LogP contribution is 1.97. The van der Waals surface area contributed by atoms with Gasteiger partial charge < -0.3 is 0 Å². The quantitative estimate of drug-likeness (QED) is 0.536. The molecule has 1 aromatic heterocycles. The van der Waals surface area contributed by atoms with Gasteiger partial charge in [0.15, 0.2) is 13.2 Å². The van der Waals surface area contributed by atoms with Crippen molar-refractivity contribution < 1.29 is 4.68 Å². The number of nitrogens with zero attached hydrogens (tertiary/aromatic N) is 2. The lowest BCUT2D eigenvalue weighted by molar-refractivity contribution is -0.751. The van der Waals surface area contributed by atoms with Gasteiger partial charge >= 0.3 is 0 Å². The first-order valence-electron chi connectivity index (χ1n) is 3.76. The molecule has 0 saturated heterocycles. The van der Waals surface area contributed by atoms with Crippen molar-refractivity contribution in [3.05, 3.63) is 18.0 Å². The molecule has 0 radical (unpaired) electrons. The van der Waals surface area contributed by atoms with Crippen molar-refractivity contribution >= 4 is 0 Å². The van der Waals surface area contributed by atoms with Crippen LogP contribution < -0.4 is 4.68 Å². The first-order valence-corrected chi connectivity index (χ1v) is 3.76. The van der Waals surface area contributed by atoms with Crippen LogP contribution >= 0.6 is 0 Å². The number of rotatable bonds is 2. The number of hydrogen-bond acceptors (Lipinski definition) is 0. The molecule has 0 aliphatic heterocycles. The molecule has 1 heterocycles. The summed E-state index contributed by atoms with van der Waals surface area (Å²) in [5.74, 6) is 0. The second-order valence-corrected chi connectivity index (χ2v) is 2.65. The molecule has 0 spiro atoms. The van der Waals surface area contributed by atoms with Crippen LogP contribution in [0.15, 0.2) is 12.3 Å². The molecule has 1 aromatic rings. The molecule has 2 heteroatoms. The zero-order chi connectivity index (χ0) is 7.56. The van der Waals surface area contributed by atoms with Gasteiger partial charge in [0, 0.05) is 6.07 Å². The first-order chi connectivity index (χ1) is 4.75. The van der Waals surface area contributed by atoms with Crippen molar-refractivity contribution in [1.82, 2.24) is 4.68 Å². The van der Waals surface area contributed by atoms with E-state index in [0.29, 0.717) is 0 Å². The van der Waals surface area contributed by atoms with Gasteiger partial charge in [0.1, 0.15) is 0 Å². The molecule has 0 aliphatic rings. The Hall–Kier alpha value is -0.790. The van der Waals surface area contributed by atoms with Gasteiger partial charge in [0.05, 0.1) is 12.7 Å². The minimum absolute atomic E-state index is 1.18. The van der Waals surface area contributed by atoms with E-state index in [-0.39, 0.29) is 0 Å². The van der Waals surface area contributed by atoms with Crippen molar-refractivity contribution in [2.24, 2.45) is 14.1 Å². The van der Waals surface area contributed by atoms with Crippen LogP contribution in [0, 0.1) is 0 Å². The molecule has 1 rings (SSSR count). The van der Waals surface area contributed by atoms with Gasteiger partial charge in [-0.3, -0.25) is 0 Å². The first kappa shape index (κ1) is 7.32. The topological polar surface area (TPSA) is 8.81 Å². The second-order valence-electron chi connectivity index (χ2n) is 2.65. The lowest BCUT2D eigenvalue weighted by atomic mass is 10.2. The molecule has 0 saturated carbocycles.